The summed E-state index contributed by atoms with van der Waals surface area (Å²) in [6, 6.07) is 0. The van der Waals surface area contributed by atoms with Crippen molar-refractivity contribution in [2.75, 3.05) is 0 Å². The number of hydrogen-bond donors (Lipinski definition) is 0. The third-order valence-corrected chi connectivity index (χ3v) is 35.7. The molecule has 0 nitrogen and oxygen atoms in total. The van der Waals surface area contributed by atoms with Crippen molar-refractivity contribution >= 4 is 66.0 Å². The molecule has 0 atom stereocenters. The van der Waals surface area contributed by atoms with Crippen molar-refractivity contribution in [3.63, 3.8) is 0 Å². The van der Waals surface area contributed by atoms with Crippen LogP contribution in [0, 0.1) is 0 Å². The molecule has 0 spiro atoms. The van der Waals surface area contributed by atoms with E-state index in [0.717, 1.165) is 0 Å². The summed E-state index contributed by atoms with van der Waals surface area (Å²) < 4.78 is 0.479. The van der Waals surface area contributed by atoms with Gasteiger partial charge >= 0.3 is 0 Å². The summed E-state index contributed by atoms with van der Waals surface area (Å²) in [5, 5.41) is 0. The lowest BCUT2D eigenvalue weighted by Crippen LogP contribution is -2.60. The highest BCUT2D eigenvalue weighted by molar-refractivity contribution is 9.29. The molecule has 0 fully saturated rings. The van der Waals surface area contributed by atoms with Gasteiger partial charge in [0.1, 0.15) is 20.1 Å². The van der Waals surface area contributed by atoms with Crippen molar-refractivity contribution in [2.45, 2.75) is 50.5 Å². The maximum atomic E-state index is 4.02. The normalized spacial score (nSPS) is 15.9. The van der Waals surface area contributed by atoms with E-state index in [1.807, 2.05) is 0 Å². The Labute approximate surface area is 115 Å². The van der Waals surface area contributed by atoms with E-state index >= 15 is 0 Å². The second-order valence-electron chi connectivity index (χ2n) is 5.54. The smallest absolute Gasteiger partial charge is 0.126 e. The van der Waals surface area contributed by atoms with Crippen molar-refractivity contribution in [1.29, 1.82) is 0 Å². The summed E-state index contributed by atoms with van der Waals surface area (Å²) in [5.74, 6) is 0. The highest BCUT2D eigenvalue weighted by atomic mass is 79.9. The molecule has 14 heavy (non-hydrogen) atoms. The molecule has 0 aromatic heterocycles. The van der Waals surface area contributed by atoms with Crippen LogP contribution >= 0.6 is 45.9 Å². The summed E-state index contributed by atoms with van der Waals surface area (Å²) in [5.41, 5.74) is 0. The fourth-order valence-corrected chi connectivity index (χ4v) is 53.0. The monoisotopic (exact) mass is 438 g/mol. The predicted molar refractivity (Wildman–Crippen MR) is 87.6 cm³/mol. The first-order valence-corrected chi connectivity index (χ1v) is 20.6. The molecule has 0 radical (unpaired) electrons. The van der Waals surface area contributed by atoms with Gasteiger partial charge in [-0.25, -0.2) is 0 Å². The lowest BCUT2D eigenvalue weighted by molar-refractivity contribution is 1.08. The number of halogens is 3. The molecule has 0 heterocycles. The molecule has 0 unspecified atom stereocenters. The highest BCUT2D eigenvalue weighted by Gasteiger charge is 2.60. The van der Waals surface area contributed by atoms with Gasteiger partial charge in [-0.15, -0.1) is 45.9 Å². The van der Waals surface area contributed by atoms with Crippen LogP contribution in [0.3, 0.4) is 0 Å². The fourth-order valence-electron chi connectivity index (χ4n) is 2.12. The molecule has 0 aromatic carbocycles. The first-order valence-electron chi connectivity index (χ1n) is 4.82. The van der Waals surface area contributed by atoms with Crippen LogP contribution < -0.4 is 0 Å². The Morgan fingerprint density at radius 2 is 0.786 bits per heavy atom. The van der Waals surface area contributed by atoms with Crippen LogP contribution in [0.25, 0.3) is 0 Å². The largest absolute Gasteiger partial charge is 0.127 e. The third kappa shape index (κ3) is 2.85. The molecule has 0 rings (SSSR count). The predicted octanol–water partition coefficient (Wildman–Crippen LogP) is 5.63. The van der Waals surface area contributed by atoms with Crippen LogP contribution in [0.1, 0.15) is 6.92 Å². The lowest BCUT2D eigenvalue weighted by Gasteiger charge is -2.52. The quantitative estimate of drug-likeness (QED) is 0.394. The minimum Gasteiger partial charge on any atom is -0.127 e. The summed E-state index contributed by atoms with van der Waals surface area (Å²) in [6.45, 7) is 13.0. The Morgan fingerprint density at radius 1 is 0.643 bits per heavy atom. The van der Waals surface area contributed by atoms with E-state index in [4.69, 9.17) is 0 Å². The van der Waals surface area contributed by atoms with Gasteiger partial charge in [-0.05, 0) is 4.28 Å². The zero-order valence-corrected chi connectivity index (χ0v) is 17.9. The Bertz CT molecular complexity index is 173. The molecular weight excluding hydrogens is 420 g/mol. The summed E-state index contributed by atoms with van der Waals surface area (Å²) in [7, 11) is 0. The van der Waals surface area contributed by atoms with Gasteiger partial charge in [0.2, 0.25) is 0 Å². The topological polar surface area (TPSA) is 0 Å². The second kappa shape index (κ2) is 4.40. The fraction of sp³-hybridized carbons (Fsp3) is 1.00. The summed E-state index contributed by atoms with van der Waals surface area (Å²) >= 11 is 12.1. The van der Waals surface area contributed by atoms with E-state index in [1.165, 1.54) is 0 Å². The highest BCUT2D eigenvalue weighted by Crippen LogP contribution is 2.59. The van der Waals surface area contributed by atoms with Gasteiger partial charge in [0, 0.05) is 0 Å². The van der Waals surface area contributed by atoms with Crippen molar-refractivity contribution in [1.82, 2.24) is 0 Å². The van der Waals surface area contributed by atoms with Gasteiger partial charge in [0.15, 0.2) is 0 Å². The van der Waals surface area contributed by atoms with Crippen molar-refractivity contribution < 1.29 is 0 Å². The first-order chi connectivity index (χ1) is 5.75. The maximum Gasteiger partial charge on any atom is 0.126 e. The van der Waals surface area contributed by atoms with E-state index in [9.17, 15) is 0 Å². The molecule has 0 aliphatic carbocycles. The molecule has 0 saturated carbocycles. The van der Waals surface area contributed by atoms with Crippen LogP contribution in [0.5, 0.6) is 0 Å². The molecule has 6 heteroatoms. The first kappa shape index (κ1) is 16.1. The van der Waals surface area contributed by atoms with E-state index < -0.39 is 20.1 Å². The average molecular weight is 441 g/mol. The third-order valence-electron chi connectivity index (χ3n) is 3.57. The minimum absolute atomic E-state index is 0.479. The number of hydrogen-bond acceptors (Lipinski definition) is 0. The standard InChI is InChI=1S/C8H21Br3Si3/c1-8(12(2,3)9,13(4,5)10)14(6,7)11/h1-7H3. The van der Waals surface area contributed by atoms with Crippen molar-refractivity contribution in [3.8, 4) is 0 Å². The van der Waals surface area contributed by atoms with E-state index in [-0.39, 0.29) is 0 Å². The van der Waals surface area contributed by atoms with E-state index in [0.29, 0.717) is 4.28 Å². The van der Waals surface area contributed by atoms with Crippen LogP contribution in [-0.4, -0.2) is 20.1 Å². The van der Waals surface area contributed by atoms with Crippen LogP contribution in [0.15, 0.2) is 0 Å². The summed E-state index contributed by atoms with van der Waals surface area (Å²) in [4.78, 5) is 0. The van der Waals surface area contributed by atoms with Gasteiger partial charge in [-0.3, -0.25) is 0 Å². The molecule has 0 aliphatic rings. The molecular formula is C8H21Br3Si3. The van der Waals surface area contributed by atoms with Gasteiger partial charge < -0.3 is 0 Å². The van der Waals surface area contributed by atoms with Crippen LogP contribution in [0.2, 0.25) is 43.6 Å². The Hall–Kier alpha value is 2.09. The van der Waals surface area contributed by atoms with Gasteiger partial charge in [-0.2, -0.15) is 0 Å². The lowest BCUT2D eigenvalue weighted by atomic mass is 10.9. The molecule has 0 N–H and O–H groups in total. The Balaban J connectivity index is 5.54. The zero-order valence-electron chi connectivity index (χ0n) is 10.1. The molecule has 0 bridgehead atoms. The van der Waals surface area contributed by atoms with Crippen LogP contribution in [0.4, 0.5) is 0 Å². The molecule has 86 valence electrons. The Kier molecular flexibility index (Phi) is 5.06. The molecule has 0 aliphatic heterocycles. The van der Waals surface area contributed by atoms with Gasteiger partial charge in [0.25, 0.3) is 0 Å². The van der Waals surface area contributed by atoms with E-state index in [2.05, 4.69) is 92.1 Å². The average Bonchev–Trinajstić information content (AvgIpc) is 1.77. The Morgan fingerprint density at radius 3 is 0.786 bits per heavy atom. The maximum absolute atomic E-state index is 4.02. The molecule has 0 aromatic rings. The SMILES string of the molecule is CC([Si](C)(C)Br)([Si](C)(C)Br)[Si](C)(C)Br. The second-order valence-corrected chi connectivity index (χ2v) is 36.7. The van der Waals surface area contributed by atoms with Gasteiger partial charge in [-0.1, -0.05) is 46.2 Å². The summed E-state index contributed by atoms with van der Waals surface area (Å²) in [6.07, 6.45) is 0. The van der Waals surface area contributed by atoms with Gasteiger partial charge in [0.05, 0.1) is 0 Å². The van der Waals surface area contributed by atoms with Crippen molar-refractivity contribution in [3.05, 3.63) is 0 Å². The van der Waals surface area contributed by atoms with Crippen LogP contribution in [-0.2, 0) is 0 Å². The molecule has 0 saturated heterocycles. The van der Waals surface area contributed by atoms with Crippen molar-refractivity contribution in [2.24, 2.45) is 0 Å². The molecule has 0 amide bonds. The zero-order chi connectivity index (χ0) is 12.0. The minimum atomic E-state index is -1.34. The van der Waals surface area contributed by atoms with E-state index in [1.54, 1.807) is 0 Å². The number of rotatable bonds is 3.